The number of nitrogens with one attached hydrogen (secondary N) is 2. The summed E-state index contributed by atoms with van der Waals surface area (Å²) in [5.74, 6) is 0.433. The molecule has 0 aromatic rings. The Morgan fingerprint density at radius 2 is 1.70 bits per heavy atom. The smallest absolute Gasteiger partial charge is 0.329 e. The first-order valence-electron chi connectivity index (χ1n) is 7.47. The molecule has 1 aliphatic carbocycles. The van der Waals surface area contributed by atoms with Crippen molar-refractivity contribution in [2.75, 3.05) is 6.54 Å². The summed E-state index contributed by atoms with van der Waals surface area (Å²) in [5.41, 5.74) is -1.14. The second kappa shape index (κ2) is 6.46. The molecule has 2 amide bonds. The molecule has 5 heteroatoms. The second-order valence-electron chi connectivity index (χ2n) is 6.77. The summed E-state index contributed by atoms with van der Waals surface area (Å²) < 4.78 is 0. The maximum absolute atomic E-state index is 12.0. The Morgan fingerprint density at radius 3 is 2.05 bits per heavy atom. The van der Waals surface area contributed by atoms with Crippen LogP contribution in [0.5, 0.6) is 0 Å². The zero-order valence-electron chi connectivity index (χ0n) is 13.2. The molecule has 0 radical (unpaired) electrons. The number of hydrogen-bond acceptors (Lipinski definition) is 2. The van der Waals surface area contributed by atoms with Gasteiger partial charge in [0.1, 0.15) is 5.54 Å². The molecule has 1 rings (SSSR count). The fraction of sp³-hybridized carbons (Fsp3) is 0.867. The average Bonchev–Trinajstić information content (AvgIpc) is 3.11. The van der Waals surface area contributed by atoms with Crippen molar-refractivity contribution in [3.63, 3.8) is 0 Å². The van der Waals surface area contributed by atoms with Gasteiger partial charge in [-0.3, -0.25) is 0 Å². The van der Waals surface area contributed by atoms with E-state index < -0.39 is 11.5 Å². The van der Waals surface area contributed by atoms with Crippen molar-refractivity contribution < 1.29 is 14.7 Å². The molecule has 3 N–H and O–H groups in total. The van der Waals surface area contributed by atoms with Crippen LogP contribution in [-0.2, 0) is 4.79 Å². The summed E-state index contributed by atoms with van der Waals surface area (Å²) in [6.45, 7) is 10.7. The maximum Gasteiger partial charge on any atom is 0.329 e. The Morgan fingerprint density at radius 1 is 1.20 bits per heavy atom. The van der Waals surface area contributed by atoms with Gasteiger partial charge in [0.05, 0.1) is 0 Å². The average molecular weight is 284 g/mol. The Kier molecular flexibility index (Phi) is 5.42. The van der Waals surface area contributed by atoms with E-state index in [2.05, 4.69) is 38.3 Å². The van der Waals surface area contributed by atoms with Crippen molar-refractivity contribution in [1.29, 1.82) is 0 Å². The van der Waals surface area contributed by atoms with Crippen LogP contribution in [0.2, 0.25) is 0 Å². The van der Waals surface area contributed by atoms with E-state index in [0.717, 1.165) is 12.8 Å². The third-order valence-electron chi connectivity index (χ3n) is 4.42. The molecule has 0 aromatic heterocycles. The van der Waals surface area contributed by atoms with Crippen LogP contribution in [0, 0.1) is 23.7 Å². The van der Waals surface area contributed by atoms with Crippen molar-refractivity contribution in [3.8, 4) is 0 Å². The van der Waals surface area contributed by atoms with E-state index >= 15 is 0 Å². The van der Waals surface area contributed by atoms with E-state index in [9.17, 15) is 14.7 Å². The van der Waals surface area contributed by atoms with Crippen LogP contribution in [-0.4, -0.2) is 29.2 Å². The molecule has 116 valence electrons. The van der Waals surface area contributed by atoms with E-state index in [1.165, 1.54) is 0 Å². The fourth-order valence-corrected chi connectivity index (χ4v) is 2.72. The molecule has 20 heavy (non-hydrogen) atoms. The van der Waals surface area contributed by atoms with Gasteiger partial charge < -0.3 is 15.7 Å². The Labute approximate surface area is 121 Å². The number of amides is 2. The number of carbonyl (C=O) groups is 2. The maximum atomic E-state index is 12.0. The van der Waals surface area contributed by atoms with Crippen molar-refractivity contribution in [2.45, 2.75) is 53.0 Å². The highest BCUT2D eigenvalue weighted by atomic mass is 16.4. The molecule has 0 bridgehead atoms. The lowest BCUT2D eigenvalue weighted by Gasteiger charge is -2.28. The lowest BCUT2D eigenvalue weighted by atomic mass is 9.85. The second-order valence-corrected chi connectivity index (χ2v) is 6.77. The molecule has 1 fully saturated rings. The minimum absolute atomic E-state index is 0.0525. The molecule has 0 saturated heterocycles. The molecule has 1 unspecified atom stereocenters. The first-order valence-corrected chi connectivity index (χ1v) is 7.47. The van der Waals surface area contributed by atoms with Crippen LogP contribution in [0.3, 0.4) is 0 Å². The topological polar surface area (TPSA) is 78.4 Å². The van der Waals surface area contributed by atoms with Crippen LogP contribution in [0.1, 0.15) is 47.5 Å². The molecular formula is C15H28N2O3. The Hall–Kier alpha value is -1.26. The molecule has 0 aromatic carbocycles. The minimum Gasteiger partial charge on any atom is -0.480 e. The minimum atomic E-state index is -1.14. The van der Waals surface area contributed by atoms with Crippen LogP contribution in [0.4, 0.5) is 4.79 Å². The predicted molar refractivity (Wildman–Crippen MR) is 78.5 cm³/mol. The van der Waals surface area contributed by atoms with Gasteiger partial charge in [-0.2, -0.15) is 0 Å². The SMILES string of the molecule is CC(C)C(CNC(=O)NC(C)(C(=O)O)C1CC1)C(C)C. The van der Waals surface area contributed by atoms with Crippen molar-refractivity contribution >= 4 is 12.0 Å². The van der Waals surface area contributed by atoms with E-state index in [4.69, 9.17) is 0 Å². The lowest BCUT2D eigenvalue weighted by Crippen LogP contribution is -2.57. The number of aliphatic carboxylic acids is 1. The van der Waals surface area contributed by atoms with Crippen LogP contribution in [0.25, 0.3) is 0 Å². The molecule has 0 spiro atoms. The summed E-state index contributed by atoms with van der Waals surface area (Å²) in [6.07, 6.45) is 1.73. The van der Waals surface area contributed by atoms with E-state index in [1.54, 1.807) is 6.92 Å². The molecule has 1 saturated carbocycles. The molecular weight excluding hydrogens is 256 g/mol. The summed E-state index contributed by atoms with van der Waals surface area (Å²) in [4.78, 5) is 23.3. The molecule has 1 atom stereocenters. The number of hydrogen-bond donors (Lipinski definition) is 3. The van der Waals surface area contributed by atoms with Gasteiger partial charge in [-0.1, -0.05) is 27.7 Å². The summed E-state index contributed by atoms with van der Waals surface area (Å²) in [5, 5.41) is 14.8. The Balaban J connectivity index is 2.52. The quantitative estimate of drug-likeness (QED) is 0.672. The number of carbonyl (C=O) groups excluding carboxylic acids is 1. The molecule has 1 aliphatic rings. The third-order valence-corrected chi connectivity index (χ3v) is 4.42. The van der Waals surface area contributed by atoms with E-state index in [0.29, 0.717) is 24.3 Å². The third kappa shape index (κ3) is 4.12. The van der Waals surface area contributed by atoms with Crippen LogP contribution < -0.4 is 10.6 Å². The number of carboxylic acid groups (broad SMARTS) is 1. The monoisotopic (exact) mass is 284 g/mol. The van der Waals surface area contributed by atoms with Gasteiger partial charge in [0, 0.05) is 6.54 Å². The molecule has 0 heterocycles. The van der Waals surface area contributed by atoms with Crippen LogP contribution in [0.15, 0.2) is 0 Å². The van der Waals surface area contributed by atoms with Gasteiger partial charge >= 0.3 is 12.0 Å². The van der Waals surface area contributed by atoms with Gasteiger partial charge in [0.15, 0.2) is 0 Å². The highest BCUT2D eigenvalue weighted by Crippen LogP contribution is 2.39. The first kappa shape index (κ1) is 16.8. The van der Waals surface area contributed by atoms with E-state index in [-0.39, 0.29) is 11.9 Å². The molecule has 5 nitrogen and oxygen atoms in total. The van der Waals surface area contributed by atoms with Crippen molar-refractivity contribution in [2.24, 2.45) is 23.7 Å². The van der Waals surface area contributed by atoms with Crippen LogP contribution >= 0.6 is 0 Å². The molecule has 0 aliphatic heterocycles. The Bertz CT molecular complexity index is 356. The fourth-order valence-electron chi connectivity index (χ4n) is 2.72. The largest absolute Gasteiger partial charge is 0.480 e. The number of carboxylic acids is 1. The zero-order chi connectivity index (χ0) is 15.5. The summed E-state index contributed by atoms with van der Waals surface area (Å²) in [7, 11) is 0. The van der Waals surface area contributed by atoms with Gasteiger partial charge in [-0.15, -0.1) is 0 Å². The van der Waals surface area contributed by atoms with E-state index in [1.807, 2.05) is 0 Å². The number of rotatable bonds is 7. The van der Waals surface area contributed by atoms with Gasteiger partial charge in [0.2, 0.25) is 0 Å². The summed E-state index contributed by atoms with van der Waals surface area (Å²) >= 11 is 0. The summed E-state index contributed by atoms with van der Waals surface area (Å²) in [6, 6.07) is -0.381. The van der Waals surface area contributed by atoms with Gasteiger partial charge in [0.25, 0.3) is 0 Å². The highest BCUT2D eigenvalue weighted by Gasteiger charge is 2.48. The highest BCUT2D eigenvalue weighted by molar-refractivity contribution is 5.86. The van der Waals surface area contributed by atoms with Gasteiger partial charge in [-0.25, -0.2) is 9.59 Å². The van der Waals surface area contributed by atoms with Gasteiger partial charge in [-0.05, 0) is 43.4 Å². The number of urea groups is 1. The normalized spacial score (nSPS) is 18.2. The van der Waals surface area contributed by atoms with Crippen molar-refractivity contribution in [1.82, 2.24) is 10.6 Å². The van der Waals surface area contributed by atoms with Crippen molar-refractivity contribution in [3.05, 3.63) is 0 Å². The zero-order valence-corrected chi connectivity index (χ0v) is 13.2. The predicted octanol–water partition coefficient (Wildman–Crippen LogP) is 2.47. The lowest BCUT2D eigenvalue weighted by molar-refractivity contribution is -0.144. The standard InChI is InChI=1S/C15H28N2O3/c1-9(2)12(10(3)4)8-16-14(20)17-15(5,13(18)19)11-6-7-11/h9-12H,6-8H2,1-5H3,(H,18,19)(H2,16,17,20). The first-order chi connectivity index (χ1) is 9.18.